The van der Waals surface area contributed by atoms with E-state index in [1.807, 2.05) is 12.1 Å². The number of amides is 1. The summed E-state index contributed by atoms with van der Waals surface area (Å²) in [4.78, 5) is 11.6. The average molecular weight is 327 g/mol. The molecule has 0 spiro atoms. The van der Waals surface area contributed by atoms with Crippen molar-refractivity contribution in [3.05, 3.63) is 53.7 Å². The van der Waals surface area contributed by atoms with Gasteiger partial charge in [-0.25, -0.2) is 5.48 Å². The number of rotatable bonds is 5. The zero-order valence-corrected chi connectivity index (χ0v) is 13.3. The van der Waals surface area contributed by atoms with Gasteiger partial charge in [-0.2, -0.15) is 5.10 Å². The van der Waals surface area contributed by atoms with Crippen LogP contribution in [-0.2, 0) is 6.54 Å². The molecule has 0 radical (unpaired) electrons. The van der Waals surface area contributed by atoms with Crippen molar-refractivity contribution < 1.29 is 19.5 Å². The molecule has 2 N–H and O–H groups in total. The first-order valence-electron chi connectivity index (χ1n) is 7.26. The van der Waals surface area contributed by atoms with E-state index in [4.69, 9.17) is 14.7 Å². The molecule has 1 aromatic heterocycles. The number of hydrogen-bond acceptors (Lipinski definition) is 5. The van der Waals surface area contributed by atoms with Crippen molar-refractivity contribution in [3.63, 3.8) is 0 Å². The van der Waals surface area contributed by atoms with E-state index in [1.165, 1.54) is 0 Å². The number of carbonyl (C=O) groups excluding carboxylic acids is 1. The zero-order valence-electron chi connectivity index (χ0n) is 13.3. The average Bonchev–Trinajstić information content (AvgIpc) is 3.02. The van der Waals surface area contributed by atoms with E-state index in [0.29, 0.717) is 23.6 Å². The molecule has 0 bridgehead atoms. The highest BCUT2D eigenvalue weighted by Crippen LogP contribution is 2.24. The summed E-state index contributed by atoms with van der Waals surface area (Å²) in [7, 11) is 3.20. The first-order chi connectivity index (χ1) is 11.6. The van der Waals surface area contributed by atoms with Gasteiger partial charge in [0.15, 0.2) is 0 Å². The third-order valence-electron chi connectivity index (χ3n) is 3.75. The van der Waals surface area contributed by atoms with Crippen LogP contribution in [0.3, 0.4) is 0 Å². The minimum Gasteiger partial charge on any atom is -0.497 e. The fourth-order valence-electron chi connectivity index (χ4n) is 2.53. The number of carbonyl (C=O) groups is 1. The summed E-state index contributed by atoms with van der Waals surface area (Å²) >= 11 is 0. The van der Waals surface area contributed by atoms with Crippen LogP contribution in [0.1, 0.15) is 15.9 Å². The van der Waals surface area contributed by atoms with E-state index < -0.39 is 5.91 Å². The molecule has 1 heterocycles. The Balaban J connectivity index is 1.99. The Morgan fingerprint density at radius 3 is 2.50 bits per heavy atom. The monoisotopic (exact) mass is 327 g/mol. The molecule has 0 saturated heterocycles. The van der Waals surface area contributed by atoms with Gasteiger partial charge in [-0.1, -0.05) is 6.07 Å². The maximum Gasteiger partial charge on any atom is 0.274 e. The van der Waals surface area contributed by atoms with Crippen molar-refractivity contribution in [1.29, 1.82) is 0 Å². The molecule has 7 heteroatoms. The van der Waals surface area contributed by atoms with Gasteiger partial charge in [0.05, 0.1) is 32.5 Å². The molecular formula is C17H17N3O4. The molecule has 0 atom stereocenters. The molecule has 124 valence electrons. The van der Waals surface area contributed by atoms with Gasteiger partial charge in [0.2, 0.25) is 0 Å². The van der Waals surface area contributed by atoms with Crippen LogP contribution in [0.4, 0.5) is 0 Å². The molecule has 2 aromatic carbocycles. The molecule has 0 fully saturated rings. The smallest absolute Gasteiger partial charge is 0.274 e. The number of nitrogens with zero attached hydrogens (tertiary/aromatic N) is 2. The van der Waals surface area contributed by atoms with Crippen LogP contribution in [0, 0.1) is 0 Å². The van der Waals surface area contributed by atoms with Gasteiger partial charge >= 0.3 is 0 Å². The first-order valence-corrected chi connectivity index (χ1v) is 7.26. The third-order valence-corrected chi connectivity index (χ3v) is 3.75. The van der Waals surface area contributed by atoms with Crippen LogP contribution in [-0.4, -0.2) is 35.1 Å². The Kier molecular flexibility index (Phi) is 4.35. The molecule has 0 aliphatic heterocycles. The van der Waals surface area contributed by atoms with Gasteiger partial charge in [-0.3, -0.25) is 14.7 Å². The van der Waals surface area contributed by atoms with Gasteiger partial charge in [-0.05, 0) is 29.8 Å². The Morgan fingerprint density at radius 1 is 1.17 bits per heavy atom. The first kappa shape index (κ1) is 15.8. The molecule has 1 amide bonds. The van der Waals surface area contributed by atoms with E-state index in [-0.39, 0.29) is 0 Å². The van der Waals surface area contributed by atoms with Crippen molar-refractivity contribution in [2.45, 2.75) is 6.54 Å². The highest BCUT2D eigenvalue weighted by atomic mass is 16.5. The van der Waals surface area contributed by atoms with E-state index in [0.717, 1.165) is 16.5 Å². The lowest BCUT2D eigenvalue weighted by Gasteiger charge is -2.09. The van der Waals surface area contributed by atoms with E-state index in [9.17, 15) is 4.79 Å². The minimum absolute atomic E-state index is 0.356. The normalized spacial score (nSPS) is 10.6. The Bertz CT molecular complexity index is 866. The summed E-state index contributed by atoms with van der Waals surface area (Å²) in [6.07, 6.45) is 1.73. The molecule has 0 aliphatic carbocycles. The zero-order chi connectivity index (χ0) is 17.1. The predicted molar refractivity (Wildman–Crippen MR) is 87.6 cm³/mol. The van der Waals surface area contributed by atoms with Crippen LogP contribution in [0.5, 0.6) is 11.5 Å². The van der Waals surface area contributed by atoms with Gasteiger partial charge in [0, 0.05) is 17.0 Å². The summed E-state index contributed by atoms with van der Waals surface area (Å²) in [6, 6.07) is 10.7. The topological polar surface area (TPSA) is 85.6 Å². The van der Waals surface area contributed by atoms with Gasteiger partial charge in [-0.15, -0.1) is 0 Å². The molecule has 0 unspecified atom stereocenters. The summed E-state index contributed by atoms with van der Waals surface area (Å²) in [5.41, 5.74) is 3.73. The molecular weight excluding hydrogens is 310 g/mol. The third kappa shape index (κ3) is 3.02. The van der Waals surface area contributed by atoms with E-state index in [1.54, 1.807) is 54.8 Å². The standard InChI is InChI=1S/C17H17N3O4/c1-23-14-5-11(6-15(8-14)24-2)10-20-16-7-12(17(21)19-22)3-4-13(16)9-18-20/h3-9,22H,10H2,1-2H3,(H,19,21). The number of ether oxygens (including phenoxy) is 2. The van der Waals surface area contributed by atoms with Crippen molar-refractivity contribution in [2.24, 2.45) is 0 Å². The van der Waals surface area contributed by atoms with Crippen molar-refractivity contribution in [3.8, 4) is 11.5 Å². The fraction of sp³-hybridized carbons (Fsp3) is 0.176. The number of hydrogen-bond donors (Lipinski definition) is 2. The second-order valence-corrected chi connectivity index (χ2v) is 5.24. The molecule has 7 nitrogen and oxygen atoms in total. The molecule has 0 saturated carbocycles. The number of methoxy groups -OCH3 is 2. The van der Waals surface area contributed by atoms with Crippen LogP contribution in [0.15, 0.2) is 42.6 Å². The Hall–Kier alpha value is -3.06. The van der Waals surface area contributed by atoms with Gasteiger partial charge in [0.1, 0.15) is 11.5 Å². The summed E-state index contributed by atoms with van der Waals surface area (Å²) in [5.74, 6) is 0.829. The van der Waals surface area contributed by atoms with E-state index >= 15 is 0 Å². The fourth-order valence-corrected chi connectivity index (χ4v) is 2.53. The summed E-state index contributed by atoms with van der Waals surface area (Å²) < 4.78 is 12.3. The van der Waals surface area contributed by atoms with Crippen LogP contribution >= 0.6 is 0 Å². The second kappa shape index (κ2) is 6.59. The molecule has 3 rings (SSSR count). The van der Waals surface area contributed by atoms with Crippen LogP contribution in [0.2, 0.25) is 0 Å². The highest BCUT2D eigenvalue weighted by Gasteiger charge is 2.10. The van der Waals surface area contributed by atoms with Crippen LogP contribution < -0.4 is 15.0 Å². The van der Waals surface area contributed by atoms with E-state index in [2.05, 4.69) is 5.10 Å². The van der Waals surface area contributed by atoms with Crippen molar-refractivity contribution >= 4 is 16.8 Å². The van der Waals surface area contributed by atoms with Crippen molar-refractivity contribution in [2.75, 3.05) is 14.2 Å². The number of fused-ring (bicyclic) bond motifs is 1. The maximum absolute atomic E-state index is 11.6. The predicted octanol–water partition coefficient (Wildman–Crippen LogP) is 2.22. The lowest BCUT2D eigenvalue weighted by atomic mass is 10.1. The number of hydroxylamine groups is 1. The van der Waals surface area contributed by atoms with Gasteiger partial charge in [0.25, 0.3) is 5.91 Å². The molecule has 24 heavy (non-hydrogen) atoms. The largest absolute Gasteiger partial charge is 0.497 e. The Morgan fingerprint density at radius 2 is 1.88 bits per heavy atom. The number of nitrogens with one attached hydrogen (secondary N) is 1. The second-order valence-electron chi connectivity index (χ2n) is 5.24. The lowest BCUT2D eigenvalue weighted by Crippen LogP contribution is -2.18. The summed E-state index contributed by atoms with van der Waals surface area (Å²) in [5, 5.41) is 14.1. The van der Waals surface area contributed by atoms with Crippen molar-refractivity contribution in [1.82, 2.24) is 15.3 Å². The SMILES string of the molecule is COc1cc(Cn2ncc3ccc(C(=O)NO)cc32)cc(OC)c1. The highest BCUT2D eigenvalue weighted by molar-refractivity contribution is 5.97. The number of benzene rings is 2. The van der Waals surface area contributed by atoms with Gasteiger partial charge < -0.3 is 9.47 Å². The minimum atomic E-state index is -0.562. The lowest BCUT2D eigenvalue weighted by molar-refractivity contribution is 0.0706. The molecule has 0 aliphatic rings. The van der Waals surface area contributed by atoms with Crippen LogP contribution in [0.25, 0.3) is 10.9 Å². The Labute approximate surface area is 138 Å². The maximum atomic E-state index is 11.6. The quantitative estimate of drug-likeness (QED) is 0.554. The molecule has 3 aromatic rings. The number of aromatic nitrogens is 2. The summed E-state index contributed by atoms with van der Waals surface area (Å²) in [6.45, 7) is 0.487.